The highest BCUT2D eigenvalue weighted by molar-refractivity contribution is 6.31. The van der Waals surface area contributed by atoms with E-state index in [2.05, 4.69) is 58.1 Å². The van der Waals surface area contributed by atoms with Gasteiger partial charge in [-0.2, -0.15) is 0 Å². The molecule has 8 heteroatoms. The summed E-state index contributed by atoms with van der Waals surface area (Å²) in [6, 6.07) is 12.1. The summed E-state index contributed by atoms with van der Waals surface area (Å²) in [5.41, 5.74) is 4.69. The molecule has 0 unspecified atom stereocenters. The Balaban J connectivity index is 1.26. The third kappa shape index (κ3) is 4.96. The fourth-order valence-electron chi connectivity index (χ4n) is 4.87. The minimum Gasteiger partial charge on any atom is -0.375 e. The average molecular weight is 505 g/mol. The second-order valence-corrected chi connectivity index (χ2v) is 9.25. The Morgan fingerprint density at radius 3 is 1.47 bits per heavy atom. The molecule has 0 aliphatic rings. The molecule has 34 heavy (non-hydrogen) atoms. The van der Waals surface area contributed by atoms with E-state index in [1.807, 2.05) is 24.3 Å². The van der Waals surface area contributed by atoms with Gasteiger partial charge in [0.15, 0.2) is 22.1 Å². The molecule has 0 atom stereocenters. The van der Waals surface area contributed by atoms with E-state index in [9.17, 15) is 0 Å². The van der Waals surface area contributed by atoms with Gasteiger partial charge in [0, 0.05) is 36.0 Å². The highest BCUT2D eigenvalue weighted by atomic mass is 35.5. The number of ether oxygens (including phenoxy) is 2. The first-order valence-corrected chi connectivity index (χ1v) is 12.7. The van der Waals surface area contributed by atoms with Gasteiger partial charge < -0.3 is 9.47 Å². The first kappa shape index (κ1) is 25.0. The van der Waals surface area contributed by atoms with Crippen LogP contribution in [0.3, 0.4) is 0 Å². The van der Waals surface area contributed by atoms with E-state index in [1.165, 1.54) is 22.7 Å². The molecule has 0 aliphatic carbocycles. The number of imidazole rings is 2. The van der Waals surface area contributed by atoms with Crippen LogP contribution in [-0.4, -0.2) is 35.6 Å². The van der Waals surface area contributed by atoms with Gasteiger partial charge in [0.25, 0.3) is 11.6 Å². The summed E-state index contributed by atoms with van der Waals surface area (Å²) in [4.78, 5) is 0. The number of aromatic nitrogens is 4. The van der Waals surface area contributed by atoms with Gasteiger partial charge in [0.2, 0.25) is 0 Å². The van der Waals surface area contributed by atoms with Crippen LogP contribution >= 0.6 is 23.2 Å². The zero-order chi connectivity index (χ0) is 24.2. The van der Waals surface area contributed by atoms with Gasteiger partial charge in [-0.25, -0.2) is 18.3 Å². The predicted octanol–water partition coefficient (Wildman–Crippen LogP) is 4.87. The number of hydrogen-bond donors (Lipinski definition) is 0. The van der Waals surface area contributed by atoms with Crippen LogP contribution < -0.4 is 9.13 Å². The van der Waals surface area contributed by atoms with Crippen LogP contribution in [0.2, 0.25) is 10.0 Å². The maximum absolute atomic E-state index is 6.25. The van der Waals surface area contributed by atoms with Crippen LogP contribution in [0.5, 0.6) is 0 Å². The zero-order valence-electron chi connectivity index (χ0n) is 20.5. The number of benzene rings is 2. The van der Waals surface area contributed by atoms with Crippen molar-refractivity contribution >= 4 is 45.3 Å². The van der Waals surface area contributed by atoms with Gasteiger partial charge in [-0.05, 0) is 38.1 Å². The van der Waals surface area contributed by atoms with E-state index in [0.717, 1.165) is 47.3 Å². The Kier molecular flexibility index (Phi) is 8.14. The molecule has 0 aliphatic heterocycles. The predicted molar refractivity (Wildman–Crippen MR) is 137 cm³/mol. The molecule has 0 saturated heterocycles. The molecule has 2 aromatic heterocycles. The minimum absolute atomic E-state index is 0.568. The largest absolute Gasteiger partial charge is 0.375 e. The molecular weight excluding hydrogens is 471 g/mol. The second kappa shape index (κ2) is 11.1. The van der Waals surface area contributed by atoms with Gasteiger partial charge in [0.1, 0.15) is 13.1 Å². The van der Waals surface area contributed by atoms with E-state index >= 15 is 0 Å². The molecule has 4 aromatic rings. The van der Waals surface area contributed by atoms with Crippen LogP contribution in [0.25, 0.3) is 22.1 Å². The molecule has 4 rings (SSSR count). The molecule has 182 valence electrons. The van der Waals surface area contributed by atoms with Crippen molar-refractivity contribution < 1.29 is 18.6 Å². The molecule has 0 N–H and O–H groups in total. The third-order valence-corrected chi connectivity index (χ3v) is 6.99. The van der Waals surface area contributed by atoms with E-state index in [0.29, 0.717) is 26.4 Å². The van der Waals surface area contributed by atoms with Gasteiger partial charge in [0.05, 0.1) is 39.5 Å². The van der Waals surface area contributed by atoms with E-state index in [-0.39, 0.29) is 0 Å². The van der Waals surface area contributed by atoms with Gasteiger partial charge in [-0.1, -0.05) is 23.2 Å². The van der Waals surface area contributed by atoms with Crippen molar-refractivity contribution in [3.05, 3.63) is 58.1 Å². The summed E-state index contributed by atoms with van der Waals surface area (Å²) in [7, 11) is 0. The molecule has 0 radical (unpaired) electrons. The number of halogens is 2. The Labute approximate surface area is 211 Å². The lowest BCUT2D eigenvalue weighted by Gasteiger charge is -2.06. The van der Waals surface area contributed by atoms with E-state index in [4.69, 9.17) is 32.7 Å². The van der Waals surface area contributed by atoms with E-state index in [1.54, 1.807) is 0 Å². The number of fused-ring (bicyclic) bond motifs is 2. The van der Waals surface area contributed by atoms with Gasteiger partial charge >= 0.3 is 0 Å². The van der Waals surface area contributed by atoms with Crippen LogP contribution in [-0.2, 0) is 35.7 Å². The Morgan fingerprint density at radius 1 is 0.676 bits per heavy atom. The lowest BCUT2D eigenvalue weighted by Crippen LogP contribution is -2.35. The SMILES string of the molecule is CC[n+]1c(C)n(CCOCCOCCn2c(C)[n+](CC)c3ccc(Cl)cc32)c2cc(Cl)ccc21. The zero-order valence-corrected chi connectivity index (χ0v) is 22.0. The quantitative estimate of drug-likeness (QED) is 0.216. The molecule has 2 heterocycles. The highest BCUT2D eigenvalue weighted by Crippen LogP contribution is 2.20. The molecule has 0 bridgehead atoms. The Morgan fingerprint density at radius 2 is 1.09 bits per heavy atom. The summed E-state index contributed by atoms with van der Waals surface area (Å²) in [5, 5.41) is 1.50. The van der Waals surface area contributed by atoms with Crippen LogP contribution in [0, 0.1) is 13.8 Å². The average Bonchev–Trinajstić information content (AvgIpc) is 3.24. The van der Waals surface area contributed by atoms with E-state index < -0.39 is 0 Å². The lowest BCUT2D eigenvalue weighted by atomic mass is 10.3. The standard InChI is InChI=1S/C26H34Cl2N4O2/c1-5-29-19(3)31(25-17-21(27)7-9-23(25)29)11-13-33-15-16-34-14-12-32-20(4)30(6-2)24-10-8-22(28)18-26(24)32/h7-10,17-18H,5-6,11-16H2,1-4H3/q+2. The van der Waals surface area contributed by atoms with Crippen molar-refractivity contribution in [3.63, 3.8) is 0 Å². The smallest absolute Gasteiger partial charge is 0.254 e. The molecular formula is C26H34Cl2N4O2+2. The first-order chi connectivity index (χ1) is 16.5. The highest BCUT2D eigenvalue weighted by Gasteiger charge is 2.21. The molecule has 0 saturated carbocycles. The van der Waals surface area contributed by atoms with Crippen LogP contribution in [0.1, 0.15) is 25.5 Å². The monoisotopic (exact) mass is 504 g/mol. The number of nitrogens with zero attached hydrogens (tertiary/aromatic N) is 4. The van der Waals surface area contributed by atoms with Crippen molar-refractivity contribution in [3.8, 4) is 0 Å². The molecule has 0 spiro atoms. The minimum atomic E-state index is 0.568. The molecule has 0 fully saturated rings. The van der Waals surface area contributed by atoms with Gasteiger partial charge in [-0.15, -0.1) is 0 Å². The lowest BCUT2D eigenvalue weighted by molar-refractivity contribution is -0.675. The Hall–Kier alpha value is -2.12. The fraction of sp³-hybridized carbons (Fsp3) is 0.462. The van der Waals surface area contributed by atoms with Crippen LogP contribution in [0.4, 0.5) is 0 Å². The molecule has 2 aromatic carbocycles. The number of rotatable bonds is 11. The van der Waals surface area contributed by atoms with Crippen molar-refractivity contribution in [1.29, 1.82) is 0 Å². The maximum atomic E-state index is 6.25. The molecule has 0 amide bonds. The summed E-state index contributed by atoms with van der Waals surface area (Å²) in [5.74, 6) is 2.41. The topological polar surface area (TPSA) is 36.1 Å². The first-order valence-electron chi connectivity index (χ1n) is 12.0. The second-order valence-electron chi connectivity index (χ2n) is 8.38. The fourth-order valence-corrected chi connectivity index (χ4v) is 5.20. The van der Waals surface area contributed by atoms with Crippen molar-refractivity contribution in [1.82, 2.24) is 9.13 Å². The summed E-state index contributed by atoms with van der Waals surface area (Å²) < 4.78 is 20.9. The van der Waals surface area contributed by atoms with Crippen molar-refractivity contribution in [2.45, 2.75) is 53.9 Å². The summed E-state index contributed by atoms with van der Waals surface area (Å²) in [6.07, 6.45) is 0. The van der Waals surface area contributed by atoms with Crippen molar-refractivity contribution in [2.75, 3.05) is 26.4 Å². The normalized spacial score (nSPS) is 11.8. The number of hydrogen-bond acceptors (Lipinski definition) is 2. The third-order valence-electron chi connectivity index (χ3n) is 6.52. The van der Waals surface area contributed by atoms with Gasteiger partial charge in [-0.3, -0.25) is 0 Å². The molecule has 6 nitrogen and oxygen atoms in total. The Bertz CT molecular complexity index is 1200. The summed E-state index contributed by atoms with van der Waals surface area (Å²) in [6.45, 7) is 14.4. The van der Waals surface area contributed by atoms with Crippen molar-refractivity contribution in [2.24, 2.45) is 0 Å². The number of aryl methyl sites for hydroxylation is 2. The summed E-state index contributed by atoms with van der Waals surface area (Å²) >= 11 is 12.5. The van der Waals surface area contributed by atoms with Crippen LogP contribution in [0.15, 0.2) is 36.4 Å². The maximum Gasteiger partial charge on any atom is 0.254 e.